The van der Waals surface area contributed by atoms with Crippen molar-refractivity contribution in [1.29, 1.82) is 0 Å². The Bertz CT molecular complexity index is 929. The number of rotatable bonds is 1. The predicted molar refractivity (Wildman–Crippen MR) is 96.0 cm³/mol. The summed E-state index contributed by atoms with van der Waals surface area (Å²) in [7, 11) is 1.38. The van der Waals surface area contributed by atoms with E-state index in [-0.39, 0.29) is 0 Å². The van der Waals surface area contributed by atoms with Crippen LogP contribution in [0.15, 0.2) is 53.0 Å². The van der Waals surface area contributed by atoms with Gasteiger partial charge in [0.1, 0.15) is 0 Å². The minimum absolute atomic E-state index is 0.472. The van der Waals surface area contributed by atoms with Gasteiger partial charge in [0.15, 0.2) is 0 Å². The molecule has 4 rings (SSSR count). The lowest BCUT2D eigenvalue weighted by Crippen LogP contribution is -2.14. The molecular weight excluding hydrogens is 368 g/mol. The maximum absolute atomic E-state index is 12.3. The molecule has 0 amide bonds. The summed E-state index contributed by atoms with van der Waals surface area (Å²) in [6.07, 6.45) is 1.28. The molecule has 0 saturated heterocycles. The lowest BCUT2D eigenvalue weighted by molar-refractivity contribution is 0.169. The number of methoxy groups -OCH3 is 1. The normalized spacial score (nSPS) is 12.4. The summed E-state index contributed by atoms with van der Waals surface area (Å²) in [6, 6.07) is 16.2. The molecule has 0 unspecified atom stereocenters. The third-order valence-corrected chi connectivity index (χ3v) is 4.87. The van der Waals surface area contributed by atoms with Crippen molar-refractivity contribution in [2.45, 2.75) is 12.8 Å². The summed E-state index contributed by atoms with van der Waals surface area (Å²) in [5, 5.41) is 4.55. The van der Waals surface area contributed by atoms with Crippen molar-refractivity contribution in [2.75, 3.05) is 7.11 Å². The van der Waals surface area contributed by atoms with Crippen molar-refractivity contribution in [3.63, 3.8) is 0 Å². The molecule has 120 valence electrons. The van der Waals surface area contributed by atoms with E-state index in [1.165, 1.54) is 17.4 Å². The fraction of sp³-hybridized carbons (Fsp3) is 0.158. The number of aryl methyl sites for hydroxylation is 2. The van der Waals surface area contributed by atoms with Gasteiger partial charge in [0.2, 0.25) is 0 Å². The minimum Gasteiger partial charge on any atom is -0.451 e. The Morgan fingerprint density at radius 3 is 2.62 bits per heavy atom. The lowest BCUT2D eigenvalue weighted by atomic mass is 9.87. The molecule has 1 aliphatic carbocycles. The highest BCUT2D eigenvalue weighted by atomic mass is 79.9. The molecule has 4 nitrogen and oxygen atoms in total. The Balaban J connectivity index is 2.02. The van der Waals surface area contributed by atoms with Crippen molar-refractivity contribution in [3.05, 3.63) is 64.3 Å². The molecule has 2 aromatic carbocycles. The van der Waals surface area contributed by atoms with Crippen LogP contribution in [0.5, 0.6) is 0 Å². The topological polar surface area (TPSA) is 44.1 Å². The molecule has 0 radical (unpaired) electrons. The standard InChI is InChI=1S/C19H15BrN2O2/c1-24-19(23)22-18(13-6-9-14(20)10-7-13)17-15-5-3-2-4-12(15)8-11-16(17)21-22/h2-7,9-10H,8,11H2,1H3. The molecule has 24 heavy (non-hydrogen) atoms. The molecule has 0 bridgehead atoms. The molecule has 1 aliphatic rings. The van der Waals surface area contributed by atoms with Gasteiger partial charge in [-0.1, -0.05) is 52.3 Å². The average Bonchev–Trinajstić information content (AvgIpc) is 3.02. The van der Waals surface area contributed by atoms with Crippen LogP contribution >= 0.6 is 15.9 Å². The first kappa shape index (κ1) is 15.1. The van der Waals surface area contributed by atoms with E-state index in [9.17, 15) is 4.79 Å². The minimum atomic E-state index is -0.472. The second-order valence-corrected chi connectivity index (χ2v) is 6.63. The number of halogens is 1. The van der Waals surface area contributed by atoms with Crippen LogP contribution in [-0.2, 0) is 17.6 Å². The van der Waals surface area contributed by atoms with Crippen LogP contribution in [0.3, 0.4) is 0 Å². The summed E-state index contributed by atoms with van der Waals surface area (Å²) in [5.41, 5.74) is 6.13. The van der Waals surface area contributed by atoms with Crippen LogP contribution < -0.4 is 0 Å². The Labute approximate surface area is 148 Å². The highest BCUT2D eigenvalue weighted by Crippen LogP contribution is 2.40. The van der Waals surface area contributed by atoms with Crippen LogP contribution in [0.4, 0.5) is 4.79 Å². The number of carbonyl (C=O) groups is 1. The number of carbonyl (C=O) groups excluding carboxylic acids is 1. The molecule has 0 spiro atoms. The monoisotopic (exact) mass is 382 g/mol. The van der Waals surface area contributed by atoms with E-state index in [1.807, 2.05) is 36.4 Å². The van der Waals surface area contributed by atoms with Gasteiger partial charge in [0.05, 0.1) is 18.5 Å². The number of benzene rings is 2. The fourth-order valence-corrected chi connectivity index (χ4v) is 3.51. The predicted octanol–water partition coefficient (Wildman–Crippen LogP) is 4.69. The summed E-state index contributed by atoms with van der Waals surface area (Å²) in [5.74, 6) is 0. The van der Waals surface area contributed by atoms with Gasteiger partial charge in [-0.05, 0) is 36.1 Å². The molecule has 1 heterocycles. The number of hydrogen-bond donors (Lipinski definition) is 0. The third kappa shape index (κ3) is 2.36. The van der Waals surface area contributed by atoms with E-state index < -0.39 is 6.09 Å². The quantitative estimate of drug-likeness (QED) is 0.612. The van der Waals surface area contributed by atoms with Crippen molar-refractivity contribution in [2.24, 2.45) is 0 Å². The Kier molecular flexibility index (Phi) is 3.73. The zero-order chi connectivity index (χ0) is 16.7. The van der Waals surface area contributed by atoms with Crippen molar-refractivity contribution in [1.82, 2.24) is 9.78 Å². The zero-order valence-corrected chi connectivity index (χ0v) is 14.7. The lowest BCUT2D eigenvalue weighted by Gasteiger charge is -2.16. The van der Waals surface area contributed by atoms with Gasteiger partial charge in [0.25, 0.3) is 0 Å². The van der Waals surface area contributed by atoms with Crippen molar-refractivity contribution < 1.29 is 9.53 Å². The number of fused-ring (bicyclic) bond motifs is 3. The van der Waals surface area contributed by atoms with Gasteiger partial charge in [-0.3, -0.25) is 0 Å². The maximum atomic E-state index is 12.3. The largest absolute Gasteiger partial charge is 0.451 e. The van der Waals surface area contributed by atoms with Crippen molar-refractivity contribution in [3.8, 4) is 22.4 Å². The highest BCUT2D eigenvalue weighted by molar-refractivity contribution is 9.10. The maximum Gasteiger partial charge on any atom is 0.435 e. The van der Waals surface area contributed by atoms with E-state index in [4.69, 9.17) is 4.74 Å². The summed E-state index contributed by atoms with van der Waals surface area (Å²) >= 11 is 3.46. The molecule has 0 saturated carbocycles. The van der Waals surface area contributed by atoms with E-state index >= 15 is 0 Å². The molecule has 0 fully saturated rings. The molecule has 0 N–H and O–H groups in total. The number of hydrogen-bond acceptors (Lipinski definition) is 3. The van der Waals surface area contributed by atoms with Gasteiger partial charge in [-0.15, -0.1) is 0 Å². The average molecular weight is 383 g/mol. The van der Waals surface area contributed by atoms with Crippen LogP contribution in [0.1, 0.15) is 11.3 Å². The molecule has 5 heteroatoms. The van der Waals surface area contributed by atoms with Gasteiger partial charge in [-0.2, -0.15) is 9.78 Å². The number of aromatic nitrogens is 2. The summed E-state index contributed by atoms with van der Waals surface area (Å²) < 4.78 is 7.32. The van der Waals surface area contributed by atoms with E-state index in [1.54, 1.807) is 0 Å². The van der Waals surface area contributed by atoms with Gasteiger partial charge in [0, 0.05) is 15.6 Å². The van der Waals surface area contributed by atoms with Crippen molar-refractivity contribution >= 4 is 22.0 Å². The van der Waals surface area contributed by atoms with Gasteiger partial charge < -0.3 is 4.74 Å². The summed E-state index contributed by atoms with van der Waals surface area (Å²) in [4.78, 5) is 12.3. The van der Waals surface area contributed by atoms with Crippen LogP contribution in [-0.4, -0.2) is 23.0 Å². The van der Waals surface area contributed by atoms with Gasteiger partial charge >= 0.3 is 6.09 Å². The van der Waals surface area contributed by atoms with E-state index in [0.29, 0.717) is 0 Å². The van der Waals surface area contributed by atoms with Crippen LogP contribution in [0, 0.1) is 0 Å². The number of ether oxygens (including phenoxy) is 1. The molecule has 0 aliphatic heterocycles. The SMILES string of the molecule is COC(=O)n1nc2c(c1-c1ccc(Br)cc1)-c1ccccc1CC2. The number of nitrogens with zero attached hydrogens (tertiary/aromatic N) is 2. The van der Waals surface area contributed by atoms with E-state index in [0.717, 1.165) is 45.4 Å². The molecule has 1 aromatic heterocycles. The fourth-order valence-electron chi connectivity index (χ4n) is 3.25. The second-order valence-electron chi connectivity index (χ2n) is 5.72. The summed E-state index contributed by atoms with van der Waals surface area (Å²) in [6.45, 7) is 0. The highest BCUT2D eigenvalue weighted by Gasteiger charge is 2.28. The van der Waals surface area contributed by atoms with Crippen LogP contribution in [0.2, 0.25) is 0 Å². The molecule has 3 aromatic rings. The first-order valence-electron chi connectivity index (χ1n) is 7.73. The first-order valence-corrected chi connectivity index (χ1v) is 8.53. The molecular formula is C19H15BrN2O2. The smallest absolute Gasteiger partial charge is 0.435 e. The second kappa shape index (κ2) is 5.91. The van der Waals surface area contributed by atoms with Crippen LogP contribution in [0.25, 0.3) is 22.4 Å². The third-order valence-electron chi connectivity index (χ3n) is 4.34. The Hall–Kier alpha value is -2.40. The Morgan fingerprint density at radius 1 is 1.12 bits per heavy atom. The molecule has 0 atom stereocenters. The first-order chi connectivity index (χ1) is 11.7. The van der Waals surface area contributed by atoms with E-state index in [2.05, 4.69) is 33.2 Å². The Morgan fingerprint density at radius 2 is 1.88 bits per heavy atom. The van der Waals surface area contributed by atoms with Gasteiger partial charge in [-0.25, -0.2) is 4.79 Å². The zero-order valence-electron chi connectivity index (χ0n) is 13.1.